The summed E-state index contributed by atoms with van der Waals surface area (Å²) in [5.74, 6) is 0.0441. The predicted octanol–water partition coefficient (Wildman–Crippen LogP) is 1.69. The molecular weight excluding hydrogens is 294 g/mol. The summed E-state index contributed by atoms with van der Waals surface area (Å²) >= 11 is 1.26. The minimum absolute atomic E-state index is 0.202. The highest BCUT2D eigenvalue weighted by Gasteiger charge is 2.18. The van der Waals surface area contributed by atoms with Crippen LogP contribution in [0.4, 0.5) is 11.6 Å². The van der Waals surface area contributed by atoms with Gasteiger partial charge in [0.25, 0.3) is 5.56 Å². The molecule has 2 aromatic heterocycles. The maximum Gasteiger partial charge on any atom is 0.350 e. The van der Waals surface area contributed by atoms with Crippen molar-refractivity contribution in [2.45, 2.75) is 6.92 Å². The number of nitrogens with one attached hydrogen (secondary N) is 1. The Morgan fingerprint density at radius 3 is 2.76 bits per heavy atom. The van der Waals surface area contributed by atoms with E-state index >= 15 is 0 Å². The lowest BCUT2D eigenvalue weighted by atomic mass is 10.2. The van der Waals surface area contributed by atoms with Gasteiger partial charge in [-0.1, -0.05) is 0 Å². The van der Waals surface area contributed by atoms with Crippen molar-refractivity contribution in [1.82, 2.24) is 9.55 Å². The predicted molar refractivity (Wildman–Crippen MR) is 79.7 cm³/mol. The Morgan fingerprint density at radius 1 is 1.43 bits per heavy atom. The second-order valence-electron chi connectivity index (χ2n) is 4.26. The molecule has 0 aromatic carbocycles. The van der Waals surface area contributed by atoms with E-state index in [0.29, 0.717) is 10.6 Å². The molecule has 0 atom stereocenters. The average molecular weight is 309 g/mol. The minimum Gasteiger partial charge on any atom is -0.481 e. The Kier molecular flexibility index (Phi) is 4.27. The van der Waals surface area contributed by atoms with E-state index in [-0.39, 0.29) is 17.4 Å². The Morgan fingerprint density at radius 2 is 2.14 bits per heavy atom. The summed E-state index contributed by atoms with van der Waals surface area (Å²) in [6, 6.07) is 1.28. The minimum atomic E-state index is -0.441. The molecule has 0 saturated carbocycles. The Bertz CT molecular complexity index is 736. The first-order valence-corrected chi connectivity index (χ1v) is 6.91. The number of aryl methyl sites for hydroxylation is 1. The molecule has 2 rings (SSSR count). The molecule has 0 bridgehead atoms. The quantitative estimate of drug-likeness (QED) is 0.865. The zero-order valence-electron chi connectivity index (χ0n) is 12.1. The molecule has 0 aliphatic heterocycles. The lowest BCUT2D eigenvalue weighted by Crippen LogP contribution is -2.21. The van der Waals surface area contributed by atoms with Crippen molar-refractivity contribution in [3.05, 3.63) is 32.2 Å². The van der Waals surface area contributed by atoms with Gasteiger partial charge >= 0.3 is 5.97 Å². The van der Waals surface area contributed by atoms with Gasteiger partial charge in [-0.15, -0.1) is 11.3 Å². The standard InChI is InChI=1S/C13H15N3O4S/c1-7-6-21-11(12(18)20-4)10(7)15-13-14-8(19-3)5-9(17)16(13)2/h5-6H,1-4H3,(H,14,15). The van der Waals surface area contributed by atoms with Crippen LogP contribution in [0.2, 0.25) is 0 Å². The number of thiophene rings is 1. The average Bonchev–Trinajstić information content (AvgIpc) is 2.84. The van der Waals surface area contributed by atoms with Gasteiger partial charge in [-0.05, 0) is 17.9 Å². The van der Waals surface area contributed by atoms with Crippen molar-refractivity contribution >= 4 is 28.9 Å². The van der Waals surface area contributed by atoms with E-state index in [2.05, 4.69) is 10.3 Å². The molecule has 21 heavy (non-hydrogen) atoms. The number of aromatic nitrogens is 2. The first-order valence-electron chi connectivity index (χ1n) is 6.03. The number of esters is 1. The van der Waals surface area contributed by atoms with Crippen LogP contribution < -0.4 is 15.6 Å². The van der Waals surface area contributed by atoms with Crippen molar-refractivity contribution < 1.29 is 14.3 Å². The lowest BCUT2D eigenvalue weighted by Gasteiger charge is -2.12. The van der Waals surface area contributed by atoms with Crippen molar-refractivity contribution in [1.29, 1.82) is 0 Å². The third kappa shape index (κ3) is 2.89. The van der Waals surface area contributed by atoms with E-state index in [1.807, 2.05) is 12.3 Å². The molecule has 2 aromatic rings. The maximum atomic E-state index is 11.8. The van der Waals surface area contributed by atoms with Crippen LogP contribution in [0.1, 0.15) is 15.2 Å². The molecule has 112 valence electrons. The summed E-state index contributed by atoms with van der Waals surface area (Å²) in [7, 11) is 4.33. The molecule has 0 spiro atoms. The third-order valence-corrected chi connectivity index (χ3v) is 3.98. The first-order chi connectivity index (χ1) is 9.97. The number of ether oxygens (including phenoxy) is 2. The molecule has 0 unspecified atom stereocenters. The smallest absolute Gasteiger partial charge is 0.350 e. The highest BCUT2D eigenvalue weighted by atomic mass is 32.1. The summed E-state index contributed by atoms with van der Waals surface area (Å²) in [6.07, 6.45) is 0. The fourth-order valence-electron chi connectivity index (χ4n) is 1.69. The Balaban J connectivity index is 2.48. The zero-order chi connectivity index (χ0) is 15.6. The summed E-state index contributed by atoms with van der Waals surface area (Å²) < 4.78 is 11.1. The summed E-state index contributed by atoms with van der Waals surface area (Å²) in [5, 5.41) is 4.83. The van der Waals surface area contributed by atoms with Gasteiger partial charge in [-0.2, -0.15) is 4.98 Å². The number of methoxy groups -OCH3 is 2. The molecule has 0 saturated heterocycles. The molecular formula is C13H15N3O4S. The largest absolute Gasteiger partial charge is 0.481 e. The van der Waals surface area contributed by atoms with Gasteiger partial charge < -0.3 is 14.8 Å². The highest BCUT2D eigenvalue weighted by molar-refractivity contribution is 7.12. The van der Waals surface area contributed by atoms with Crippen LogP contribution in [0.5, 0.6) is 5.88 Å². The van der Waals surface area contributed by atoms with Gasteiger partial charge in [-0.3, -0.25) is 9.36 Å². The monoisotopic (exact) mass is 309 g/mol. The molecule has 0 aliphatic carbocycles. The molecule has 2 heterocycles. The normalized spacial score (nSPS) is 10.3. The molecule has 0 aliphatic rings. The SMILES string of the molecule is COC(=O)c1scc(C)c1Nc1nc(OC)cc(=O)n1C. The molecule has 8 heteroatoms. The summed E-state index contributed by atoms with van der Waals surface area (Å²) in [5.41, 5.74) is 1.16. The second kappa shape index (κ2) is 5.96. The fraction of sp³-hybridized carbons (Fsp3) is 0.308. The third-order valence-electron chi connectivity index (χ3n) is 2.90. The van der Waals surface area contributed by atoms with Crippen LogP contribution in [0.15, 0.2) is 16.2 Å². The molecule has 7 nitrogen and oxygen atoms in total. The molecule has 0 fully saturated rings. The van der Waals surface area contributed by atoms with E-state index in [0.717, 1.165) is 5.56 Å². The van der Waals surface area contributed by atoms with Crippen molar-refractivity contribution in [3.8, 4) is 5.88 Å². The fourth-order valence-corrected chi connectivity index (χ4v) is 2.61. The summed E-state index contributed by atoms with van der Waals surface area (Å²) in [6.45, 7) is 1.85. The van der Waals surface area contributed by atoms with Crippen LogP contribution >= 0.6 is 11.3 Å². The number of hydrogen-bond acceptors (Lipinski definition) is 7. The van der Waals surface area contributed by atoms with Gasteiger partial charge in [0.2, 0.25) is 11.8 Å². The van der Waals surface area contributed by atoms with E-state index < -0.39 is 5.97 Å². The van der Waals surface area contributed by atoms with E-state index in [4.69, 9.17) is 9.47 Å². The number of carbonyl (C=O) groups is 1. The zero-order valence-corrected chi connectivity index (χ0v) is 12.9. The van der Waals surface area contributed by atoms with Crippen molar-refractivity contribution in [3.63, 3.8) is 0 Å². The van der Waals surface area contributed by atoms with E-state index in [9.17, 15) is 9.59 Å². The van der Waals surface area contributed by atoms with Crippen molar-refractivity contribution in [2.24, 2.45) is 7.05 Å². The number of hydrogen-bond donors (Lipinski definition) is 1. The van der Waals surface area contributed by atoms with E-state index in [1.165, 1.54) is 36.2 Å². The Labute approximate surface area is 125 Å². The number of nitrogens with zero attached hydrogens (tertiary/aromatic N) is 2. The highest BCUT2D eigenvalue weighted by Crippen LogP contribution is 2.30. The molecule has 0 radical (unpaired) electrons. The first kappa shape index (κ1) is 15.0. The maximum absolute atomic E-state index is 11.8. The van der Waals surface area contributed by atoms with Gasteiger partial charge in [0.05, 0.1) is 26.0 Å². The van der Waals surface area contributed by atoms with Crippen LogP contribution in [0.25, 0.3) is 0 Å². The van der Waals surface area contributed by atoms with E-state index in [1.54, 1.807) is 7.05 Å². The lowest BCUT2D eigenvalue weighted by molar-refractivity contribution is 0.0607. The van der Waals surface area contributed by atoms with Gasteiger partial charge in [-0.25, -0.2) is 4.79 Å². The van der Waals surface area contributed by atoms with Crippen LogP contribution in [0.3, 0.4) is 0 Å². The van der Waals surface area contributed by atoms with Crippen molar-refractivity contribution in [2.75, 3.05) is 19.5 Å². The number of anilines is 2. The van der Waals surface area contributed by atoms with Gasteiger partial charge in [0.15, 0.2) is 0 Å². The van der Waals surface area contributed by atoms with Crippen LogP contribution in [0, 0.1) is 6.92 Å². The number of carbonyl (C=O) groups excluding carboxylic acids is 1. The van der Waals surface area contributed by atoms with Crippen LogP contribution in [-0.2, 0) is 11.8 Å². The molecule has 0 amide bonds. The van der Waals surface area contributed by atoms with Gasteiger partial charge in [0, 0.05) is 7.05 Å². The van der Waals surface area contributed by atoms with Gasteiger partial charge in [0.1, 0.15) is 4.88 Å². The topological polar surface area (TPSA) is 82.5 Å². The van der Waals surface area contributed by atoms with Crippen LogP contribution in [-0.4, -0.2) is 29.7 Å². The second-order valence-corrected chi connectivity index (χ2v) is 5.14. The summed E-state index contributed by atoms with van der Waals surface area (Å²) in [4.78, 5) is 28.2. The number of rotatable bonds is 4. The Hall–Kier alpha value is -2.35. The molecule has 1 N–H and O–H groups in total.